The van der Waals surface area contributed by atoms with Crippen LogP contribution in [0.2, 0.25) is 0 Å². The molecule has 9 fully saturated rings. The highest BCUT2D eigenvalue weighted by Crippen LogP contribution is 2.80. The number of benzene rings is 5. The number of Topliss-reactive ketones (excluding diaryl/α,β-unsaturated/α-hetero) is 2. The average Bonchev–Trinajstić information content (AvgIpc) is 0.678. The molecule has 23 heteroatoms. The minimum atomic E-state index is -0.840. The minimum absolute atomic E-state index is 0. The summed E-state index contributed by atoms with van der Waals surface area (Å²) in [6, 6.07) is 22.9. The standard InChI is InChI=1S/C41H52N2O6S.C41H50O6S.C36H50O7.2CH4/c1-23-34-29(20-30(48-25(3)45)35(23)49-26(4)46)39(7)17-19-41(9)33-22-38(6,36(42)47)15-14-37(33,5)16-18-40(41,8)32(39)21-31(34)50-28-12-10-27(11-13-28)43-24(2)44;1-24-34-29(21-30(46-26(3)43)35(24)47-27(4)44)39(7)18-20-41(9)33-23-38(6,25(2)42)16-15-37(33,5)17-19-40(41,8)32(39)22-31(34)48-36(45)28-13-11-10-12-14-28;1-10-40-30(38)42-26-20-25-24(22(3)29(26)43-31(39)41-11-2)12-13-27-34(25,7)17-19-36(9)28-21-33(6,23(4)37)15-14-32(28,5)16-18-35(27,36)8;;/h10-13,20-21,31,33H,14-19,22H2,1-9H3,(H2,42,47)(H,43,44);10-14,21-22,31,33H,15-20,23H2,1-9H3;13,20,28H,10-12,14-19,21H2,1-9H3;2*1H4/t2*31?,33-,37-,38-,39+,40-,41+;28-,32-,33-,34+,35-,36+;;/m111../s1. The van der Waals surface area contributed by atoms with Gasteiger partial charge in [-0.15, -0.1) is 11.8 Å². The van der Waals surface area contributed by atoms with Crippen molar-refractivity contribution in [3.63, 3.8) is 0 Å². The Morgan fingerprint density at radius 2 is 0.762 bits per heavy atom. The van der Waals surface area contributed by atoms with E-state index in [0.717, 1.165) is 190 Å². The van der Waals surface area contributed by atoms with Gasteiger partial charge in [0.15, 0.2) is 34.5 Å². The predicted molar refractivity (Wildman–Crippen MR) is 563 cm³/mol. The maximum absolute atomic E-state index is 13.9. The number of allylic oxidation sites excluding steroid dienone is 4. The second-order valence-corrected chi connectivity index (χ2v) is 50.3. The maximum atomic E-state index is 13.9. The molecular weight excluding hydrogens is 1840 g/mol. The van der Waals surface area contributed by atoms with E-state index in [1.807, 2.05) is 93.6 Å². The number of esters is 4. The smallest absolute Gasteiger partial charge is 0.434 e. The van der Waals surface area contributed by atoms with E-state index in [-0.39, 0.29) is 160 Å². The molecule has 12 aliphatic rings. The highest BCUT2D eigenvalue weighted by Gasteiger charge is 2.72. The van der Waals surface area contributed by atoms with Crippen LogP contribution < -0.4 is 39.5 Å². The number of primary amides is 1. The van der Waals surface area contributed by atoms with E-state index in [1.54, 1.807) is 39.5 Å². The lowest BCUT2D eigenvalue weighted by Crippen LogP contribution is -2.63. The van der Waals surface area contributed by atoms with E-state index in [2.05, 4.69) is 127 Å². The third-order valence-electron chi connectivity index (χ3n) is 40.0. The molecule has 9 saturated carbocycles. The summed E-state index contributed by atoms with van der Waals surface area (Å²) in [5, 5.41) is 2.32. The van der Waals surface area contributed by atoms with Crippen molar-refractivity contribution in [2.45, 2.75) is 375 Å². The van der Waals surface area contributed by atoms with Gasteiger partial charge >= 0.3 is 36.2 Å². The average molecular weight is 2000 g/mol. The number of amides is 2. The number of nitrogens with two attached hydrogens (primary N) is 1. The zero-order valence-corrected chi connectivity index (χ0v) is 90.3. The molecule has 3 N–H and O–H groups in total. The molecule has 143 heavy (non-hydrogen) atoms. The maximum Gasteiger partial charge on any atom is 0.513 e. The summed E-state index contributed by atoms with van der Waals surface area (Å²) in [5.41, 5.74) is 18.0. The molecule has 0 spiro atoms. The number of thioether (sulfide) groups is 2. The fourth-order valence-electron chi connectivity index (χ4n) is 30.5. The molecule has 776 valence electrons. The van der Waals surface area contributed by atoms with Crippen LogP contribution >= 0.6 is 23.5 Å². The first kappa shape index (κ1) is 111. The van der Waals surface area contributed by atoms with Crippen LogP contribution in [0.4, 0.5) is 15.3 Å². The van der Waals surface area contributed by atoms with Crippen molar-refractivity contribution >= 4 is 93.9 Å². The first-order valence-electron chi connectivity index (χ1n) is 51.5. The van der Waals surface area contributed by atoms with Gasteiger partial charge in [-0.3, -0.25) is 43.2 Å². The Kier molecular flexibility index (Phi) is 30.3. The van der Waals surface area contributed by atoms with Crippen LogP contribution in [0.5, 0.6) is 34.5 Å². The molecule has 0 aliphatic heterocycles. The van der Waals surface area contributed by atoms with Gasteiger partial charge in [0, 0.05) is 94.4 Å². The number of carbonyl (C=O) groups is 11. The summed E-state index contributed by atoms with van der Waals surface area (Å²) in [5.74, 6) is 0.818. The fourth-order valence-corrected chi connectivity index (χ4v) is 32.8. The van der Waals surface area contributed by atoms with E-state index in [1.165, 1.54) is 63.1 Å². The predicted octanol–water partition coefficient (Wildman–Crippen LogP) is 28.5. The number of fused-ring (bicyclic) bond motifs is 21. The Morgan fingerprint density at radius 3 is 1.17 bits per heavy atom. The Hall–Kier alpha value is -9.61. The molecule has 21 nitrogen and oxygen atoms in total. The molecular formula is C120H160N2O19S2. The number of carbonyl (C=O) groups excluding carboxylic acids is 11. The SMILES string of the molecule is C.C.CC(=O)Nc1ccc(SC2C=C3[C@@](C)(CC[C@@]4(C)[C@@H]5C[C@](C)(C(N)=O)CC[C@]5(C)CC[C@]34C)c3cc(OC(C)=O)c(OC(C)=O)c(C)c32)cc1.CC(=O)Oc1cc2c(c(C)c1OC(C)=O)C(SC(=O)c1ccccc1)C=C1[C@@]2(C)CC[C@@]2(C)[C@@H]3C[C@](C)(C(C)=O)CC[C@]3(C)CC[C@]12C.CCOC(=O)Oc1cc2c(c(C)c1OC(=O)OCC)CC=C1[C@@]2(C)CC[C@@]2(C)[C@@H]3C[C@](C)(C(C)=O)CC[C@]3(C)CC[C@]12C. The van der Waals surface area contributed by atoms with Crippen LogP contribution in [0.25, 0.3) is 0 Å². The Morgan fingerprint density at radius 1 is 0.399 bits per heavy atom. The van der Waals surface area contributed by atoms with E-state index in [4.69, 9.17) is 43.6 Å². The van der Waals surface area contributed by atoms with Crippen molar-refractivity contribution in [1.82, 2.24) is 0 Å². The second kappa shape index (κ2) is 39.2. The Labute approximate surface area is 858 Å². The minimum Gasteiger partial charge on any atom is -0.434 e. The van der Waals surface area contributed by atoms with Gasteiger partial charge in [-0.25, -0.2) is 9.59 Å². The quantitative estimate of drug-likeness (QED) is 0.0401. The number of ketones is 2. The van der Waals surface area contributed by atoms with Crippen LogP contribution in [0.1, 0.15) is 387 Å². The normalized spacial score (nSPS) is 34.6. The first-order chi connectivity index (χ1) is 65.7. The summed E-state index contributed by atoms with van der Waals surface area (Å²) in [4.78, 5) is 140. The zero-order chi connectivity index (χ0) is 103. The number of rotatable bonds is 16. The molecule has 0 heterocycles. The second-order valence-electron chi connectivity index (χ2n) is 47.9. The number of nitrogens with one attached hydrogen (secondary N) is 1. The van der Waals surface area contributed by atoms with Crippen LogP contribution in [-0.2, 0) is 70.5 Å². The monoisotopic (exact) mass is 2000 g/mol. The molecule has 20 atom stereocenters. The lowest BCUT2D eigenvalue weighted by Gasteiger charge is -2.70. The molecule has 0 saturated heterocycles. The highest BCUT2D eigenvalue weighted by molar-refractivity contribution is 8.14. The van der Waals surface area contributed by atoms with Crippen molar-refractivity contribution in [2.75, 3.05) is 18.5 Å². The van der Waals surface area contributed by atoms with Crippen LogP contribution in [0, 0.1) is 104 Å². The van der Waals surface area contributed by atoms with Gasteiger partial charge in [0.25, 0.3) is 0 Å². The third kappa shape index (κ3) is 18.5. The molecule has 0 aromatic heterocycles. The summed E-state index contributed by atoms with van der Waals surface area (Å²) in [7, 11) is 0. The Bertz CT molecular complexity index is 6090. The lowest BCUT2D eigenvalue weighted by molar-refractivity contribution is -0.166. The van der Waals surface area contributed by atoms with Crippen molar-refractivity contribution in [3.8, 4) is 34.5 Å². The van der Waals surface area contributed by atoms with Crippen molar-refractivity contribution in [3.05, 3.63) is 163 Å². The van der Waals surface area contributed by atoms with Gasteiger partial charge in [-0.2, -0.15) is 0 Å². The highest BCUT2D eigenvalue weighted by atomic mass is 32.2. The van der Waals surface area contributed by atoms with Gasteiger partial charge in [0.05, 0.1) is 23.7 Å². The topological polar surface area (TPSA) is 300 Å². The number of hydrogen-bond acceptors (Lipinski definition) is 21. The summed E-state index contributed by atoms with van der Waals surface area (Å²) >= 11 is 3.00. The van der Waals surface area contributed by atoms with Gasteiger partial charge in [-0.05, 0) is 338 Å². The fraction of sp³-hybridized carbons (Fsp3) is 0.608. The molecule has 5 aromatic carbocycles. The van der Waals surface area contributed by atoms with E-state index < -0.39 is 47.0 Å². The molecule has 2 amide bonds. The van der Waals surface area contributed by atoms with Crippen LogP contribution in [0.3, 0.4) is 0 Å². The van der Waals surface area contributed by atoms with Crippen LogP contribution in [0.15, 0.2) is 113 Å². The van der Waals surface area contributed by atoms with E-state index in [0.29, 0.717) is 46.9 Å². The van der Waals surface area contributed by atoms with Crippen molar-refractivity contribution < 1.29 is 90.6 Å². The van der Waals surface area contributed by atoms with Gasteiger partial charge in [-0.1, -0.05) is 196 Å². The number of ether oxygens (including phenoxy) is 8. The molecule has 5 aromatic rings. The molecule has 2 unspecified atom stereocenters. The third-order valence-corrected chi connectivity index (χ3v) is 42.2. The van der Waals surface area contributed by atoms with Crippen LogP contribution in [-0.4, -0.2) is 77.9 Å². The zero-order valence-electron chi connectivity index (χ0n) is 88.7. The summed E-state index contributed by atoms with van der Waals surface area (Å²) in [6.07, 6.45) is 27.0. The molecule has 12 aliphatic carbocycles. The Balaban J connectivity index is 0.000000179. The number of anilines is 1. The molecule has 17 rings (SSSR count). The van der Waals surface area contributed by atoms with E-state index >= 15 is 0 Å². The van der Waals surface area contributed by atoms with Crippen molar-refractivity contribution in [2.24, 2.45) is 88.5 Å². The largest absolute Gasteiger partial charge is 0.513 e. The number of hydrogen-bond donors (Lipinski definition) is 2. The van der Waals surface area contributed by atoms with Gasteiger partial charge in [0.1, 0.15) is 11.6 Å². The van der Waals surface area contributed by atoms with E-state index in [9.17, 15) is 52.7 Å². The molecule has 0 bridgehead atoms. The van der Waals surface area contributed by atoms with Crippen molar-refractivity contribution in [1.29, 1.82) is 0 Å². The summed E-state index contributed by atoms with van der Waals surface area (Å²) in [6.45, 7) is 55.6. The lowest BCUT2D eigenvalue weighted by atomic mass is 9.34. The van der Waals surface area contributed by atoms with Gasteiger partial charge < -0.3 is 48.9 Å². The van der Waals surface area contributed by atoms with Gasteiger partial charge in [0.2, 0.25) is 16.9 Å². The molecule has 0 radical (unpaired) electrons. The first-order valence-corrected chi connectivity index (χ1v) is 53.2. The summed E-state index contributed by atoms with van der Waals surface area (Å²) < 4.78 is 44.5.